The molecule has 2 aliphatic rings. The van der Waals surface area contributed by atoms with Gasteiger partial charge < -0.3 is 4.90 Å². The molecule has 1 nitrogen and oxygen atoms in total. The van der Waals surface area contributed by atoms with E-state index < -0.39 is 0 Å². The second kappa shape index (κ2) is 11.7. The summed E-state index contributed by atoms with van der Waals surface area (Å²) in [7, 11) is 0. The molecule has 0 saturated carbocycles. The lowest BCUT2D eigenvalue weighted by atomic mass is 9.82. The maximum atomic E-state index is 2.48. The van der Waals surface area contributed by atoms with Crippen LogP contribution in [0.4, 0.5) is 17.1 Å². The minimum absolute atomic E-state index is 0.0737. The standard InChI is InChI=1S/C52H41N/c1-51(2)46-21-11-8-18-44(46)50-43(19-13-22-47(50)51)42-17-9-12-23-49(42)53(39-30-31-41-40-16-7-10-20-45(40)52(3,4)48(41)33-39)38-28-26-35(27-29-38)37-25-24-34-14-5-6-15-36(34)32-37/h5-33H,1-4H3. The molecule has 0 aliphatic heterocycles. The molecule has 0 fully saturated rings. The second-order valence-electron chi connectivity index (χ2n) is 15.8. The van der Waals surface area contributed by atoms with E-state index in [9.17, 15) is 0 Å². The maximum absolute atomic E-state index is 2.48. The quantitative estimate of drug-likeness (QED) is 0.175. The van der Waals surface area contributed by atoms with Crippen LogP contribution in [-0.4, -0.2) is 0 Å². The van der Waals surface area contributed by atoms with Crippen molar-refractivity contribution in [3.63, 3.8) is 0 Å². The predicted molar refractivity (Wildman–Crippen MR) is 225 cm³/mol. The normalized spacial score (nSPS) is 14.3. The molecule has 8 aromatic carbocycles. The summed E-state index contributed by atoms with van der Waals surface area (Å²) in [4.78, 5) is 2.48. The van der Waals surface area contributed by atoms with E-state index in [0.29, 0.717) is 0 Å². The summed E-state index contributed by atoms with van der Waals surface area (Å²) in [5.41, 5.74) is 19.1. The molecule has 0 amide bonds. The average Bonchev–Trinajstić information content (AvgIpc) is 3.58. The van der Waals surface area contributed by atoms with E-state index in [2.05, 4.69) is 209 Å². The highest BCUT2D eigenvalue weighted by atomic mass is 15.1. The molecule has 0 N–H and O–H groups in total. The van der Waals surface area contributed by atoms with Crippen LogP contribution in [0.1, 0.15) is 49.9 Å². The number of para-hydroxylation sites is 1. The monoisotopic (exact) mass is 679 g/mol. The van der Waals surface area contributed by atoms with Gasteiger partial charge in [-0.05, 0) is 108 Å². The van der Waals surface area contributed by atoms with E-state index >= 15 is 0 Å². The Morgan fingerprint density at radius 2 is 0.887 bits per heavy atom. The first kappa shape index (κ1) is 31.5. The van der Waals surface area contributed by atoms with Gasteiger partial charge in [0.25, 0.3) is 0 Å². The summed E-state index contributed by atoms with van der Waals surface area (Å²) < 4.78 is 0. The van der Waals surface area contributed by atoms with Gasteiger partial charge in [-0.15, -0.1) is 0 Å². The third-order valence-electron chi connectivity index (χ3n) is 12.1. The number of benzene rings is 8. The van der Waals surface area contributed by atoms with Crippen LogP contribution in [-0.2, 0) is 10.8 Å². The zero-order valence-corrected chi connectivity index (χ0v) is 30.7. The van der Waals surface area contributed by atoms with Gasteiger partial charge >= 0.3 is 0 Å². The number of anilines is 3. The van der Waals surface area contributed by atoms with Crippen molar-refractivity contribution in [2.24, 2.45) is 0 Å². The fraction of sp³-hybridized carbons (Fsp3) is 0.115. The molecule has 0 spiro atoms. The van der Waals surface area contributed by atoms with E-state index in [1.807, 2.05) is 0 Å². The van der Waals surface area contributed by atoms with Crippen LogP contribution in [0, 0.1) is 0 Å². The molecule has 1 heteroatoms. The smallest absolute Gasteiger partial charge is 0.0540 e. The summed E-state index contributed by atoms with van der Waals surface area (Å²) >= 11 is 0. The zero-order valence-electron chi connectivity index (χ0n) is 30.7. The fourth-order valence-corrected chi connectivity index (χ4v) is 9.31. The first-order chi connectivity index (χ1) is 25.8. The molecular weight excluding hydrogens is 639 g/mol. The van der Waals surface area contributed by atoms with E-state index in [-0.39, 0.29) is 10.8 Å². The van der Waals surface area contributed by atoms with Crippen LogP contribution in [0.2, 0.25) is 0 Å². The van der Waals surface area contributed by atoms with Gasteiger partial charge in [0.15, 0.2) is 0 Å². The van der Waals surface area contributed by atoms with Crippen LogP contribution in [0.3, 0.4) is 0 Å². The Kier molecular flexibility index (Phi) is 6.94. The van der Waals surface area contributed by atoms with Gasteiger partial charge in [0.2, 0.25) is 0 Å². The zero-order chi connectivity index (χ0) is 35.9. The van der Waals surface area contributed by atoms with Gasteiger partial charge in [0.1, 0.15) is 0 Å². The number of hydrogen-bond donors (Lipinski definition) is 0. The highest BCUT2D eigenvalue weighted by Crippen LogP contribution is 2.55. The molecule has 0 radical (unpaired) electrons. The Morgan fingerprint density at radius 1 is 0.340 bits per heavy atom. The second-order valence-corrected chi connectivity index (χ2v) is 15.8. The number of nitrogens with zero attached hydrogens (tertiary/aromatic N) is 1. The van der Waals surface area contributed by atoms with Gasteiger partial charge in [0, 0.05) is 27.8 Å². The van der Waals surface area contributed by atoms with Crippen molar-refractivity contribution in [3.8, 4) is 44.5 Å². The highest BCUT2D eigenvalue weighted by molar-refractivity contribution is 5.99. The summed E-state index contributed by atoms with van der Waals surface area (Å²) in [5, 5.41) is 2.52. The molecule has 2 aliphatic carbocycles. The molecule has 53 heavy (non-hydrogen) atoms. The SMILES string of the molecule is CC1(C)c2ccccc2-c2ccc(N(c3ccc(-c4ccc5ccccc5c4)cc3)c3ccccc3-c3cccc4c3-c3ccccc3C4(C)C)cc21. The Balaban J connectivity index is 1.17. The van der Waals surface area contributed by atoms with Crippen LogP contribution < -0.4 is 4.90 Å². The van der Waals surface area contributed by atoms with Crippen LogP contribution in [0.25, 0.3) is 55.3 Å². The van der Waals surface area contributed by atoms with E-state index in [4.69, 9.17) is 0 Å². The fourth-order valence-electron chi connectivity index (χ4n) is 9.31. The van der Waals surface area contributed by atoms with Gasteiger partial charge in [-0.25, -0.2) is 0 Å². The summed E-state index contributed by atoms with van der Waals surface area (Å²) in [6.45, 7) is 9.46. The number of fused-ring (bicyclic) bond motifs is 7. The molecule has 0 atom stereocenters. The molecule has 10 rings (SSSR count). The summed E-state index contributed by atoms with van der Waals surface area (Å²) in [6.07, 6.45) is 0. The number of hydrogen-bond acceptors (Lipinski definition) is 1. The van der Waals surface area contributed by atoms with Gasteiger partial charge in [-0.1, -0.05) is 167 Å². The van der Waals surface area contributed by atoms with Crippen molar-refractivity contribution < 1.29 is 0 Å². The van der Waals surface area contributed by atoms with Crippen LogP contribution >= 0.6 is 0 Å². The Bertz CT molecular complexity index is 2730. The molecule has 0 aromatic heterocycles. The molecule has 254 valence electrons. The van der Waals surface area contributed by atoms with Gasteiger partial charge in [-0.3, -0.25) is 0 Å². The topological polar surface area (TPSA) is 3.24 Å². The Morgan fingerprint density at radius 3 is 1.68 bits per heavy atom. The maximum Gasteiger partial charge on any atom is 0.0540 e. The highest BCUT2D eigenvalue weighted by Gasteiger charge is 2.38. The lowest BCUT2D eigenvalue weighted by Crippen LogP contribution is -2.17. The van der Waals surface area contributed by atoms with Gasteiger partial charge in [-0.2, -0.15) is 0 Å². The first-order valence-corrected chi connectivity index (χ1v) is 18.8. The molecule has 0 saturated heterocycles. The molecule has 0 heterocycles. The summed E-state index contributed by atoms with van der Waals surface area (Å²) in [6, 6.07) is 65.3. The lowest BCUT2D eigenvalue weighted by Gasteiger charge is -2.30. The Labute approximate surface area is 312 Å². The van der Waals surface area contributed by atoms with E-state index in [1.54, 1.807) is 0 Å². The van der Waals surface area contributed by atoms with Crippen molar-refractivity contribution in [2.75, 3.05) is 4.90 Å². The Hall–Kier alpha value is -6.18. The van der Waals surface area contributed by atoms with E-state index in [0.717, 1.165) is 17.1 Å². The molecule has 0 unspecified atom stereocenters. The van der Waals surface area contributed by atoms with Crippen molar-refractivity contribution in [3.05, 3.63) is 198 Å². The van der Waals surface area contributed by atoms with Crippen molar-refractivity contribution >= 4 is 27.8 Å². The summed E-state index contributed by atoms with van der Waals surface area (Å²) in [5.74, 6) is 0. The molecule has 0 bridgehead atoms. The molecular formula is C52H41N. The lowest BCUT2D eigenvalue weighted by molar-refractivity contribution is 0.660. The minimum atomic E-state index is -0.109. The van der Waals surface area contributed by atoms with Crippen LogP contribution in [0.5, 0.6) is 0 Å². The van der Waals surface area contributed by atoms with Crippen LogP contribution in [0.15, 0.2) is 176 Å². The third-order valence-corrected chi connectivity index (χ3v) is 12.1. The number of rotatable bonds is 5. The van der Waals surface area contributed by atoms with Crippen molar-refractivity contribution in [2.45, 2.75) is 38.5 Å². The minimum Gasteiger partial charge on any atom is -0.310 e. The third kappa shape index (κ3) is 4.77. The average molecular weight is 680 g/mol. The van der Waals surface area contributed by atoms with Crippen molar-refractivity contribution in [1.82, 2.24) is 0 Å². The van der Waals surface area contributed by atoms with E-state index in [1.165, 1.54) is 77.5 Å². The first-order valence-electron chi connectivity index (χ1n) is 18.8. The molecule has 8 aromatic rings. The van der Waals surface area contributed by atoms with Gasteiger partial charge in [0.05, 0.1) is 5.69 Å². The largest absolute Gasteiger partial charge is 0.310 e. The predicted octanol–water partition coefficient (Wildman–Crippen LogP) is 14.3. The van der Waals surface area contributed by atoms with Crippen molar-refractivity contribution in [1.29, 1.82) is 0 Å².